The van der Waals surface area contributed by atoms with Gasteiger partial charge in [-0.15, -0.1) is 0 Å². The molecule has 2 aliphatic heterocycles. The average Bonchev–Trinajstić information content (AvgIpc) is 2.93. The highest BCUT2D eigenvalue weighted by molar-refractivity contribution is 6.07. The zero-order valence-electron chi connectivity index (χ0n) is 12.3. The Morgan fingerprint density at radius 1 is 0.913 bits per heavy atom. The van der Waals surface area contributed by atoms with Crippen molar-refractivity contribution in [2.75, 3.05) is 25.3 Å². The minimum Gasteiger partial charge on any atom is -0.490 e. The SMILES string of the molecule is O=C(Nc1ccc2c(c1)OCCCO2)c1cccc2c1OCO2. The molecular weight excluding hydrogens is 298 g/mol. The molecule has 6 heteroatoms. The molecule has 1 N–H and O–H groups in total. The number of carbonyl (C=O) groups excluding carboxylic acids is 1. The highest BCUT2D eigenvalue weighted by Crippen LogP contribution is 2.36. The lowest BCUT2D eigenvalue weighted by Gasteiger charge is -2.11. The number of hydrogen-bond donors (Lipinski definition) is 1. The third-order valence-corrected chi connectivity index (χ3v) is 3.65. The molecule has 0 aromatic heterocycles. The van der Waals surface area contributed by atoms with Gasteiger partial charge in [-0.2, -0.15) is 0 Å². The molecule has 0 fully saturated rings. The second-order valence-electron chi connectivity index (χ2n) is 5.21. The second kappa shape index (κ2) is 5.72. The van der Waals surface area contributed by atoms with Crippen LogP contribution < -0.4 is 24.3 Å². The number of benzene rings is 2. The maximum atomic E-state index is 12.5. The molecule has 2 aromatic carbocycles. The molecule has 2 aliphatic rings. The Bertz CT molecular complexity index is 759. The van der Waals surface area contributed by atoms with Crippen LogP contribution in [0.1, 0.15) is 16.8 Å². The molecule has 0 unspecified atom stereocenters. The second-order valence-corrected chi connectivity index (χ2v) is 5.21. The van der Waals surface area contributed by atoms with Crippen molar-refractivity contribution in [1.82, 2.24) is 0 Å². The zero-order valence-corrected chi connectivity index (χ0v) is 12.3. The summed E-state index contributed by atoms with van der Waals surface area (Å²) in [6.45, 7) is 1.36. The molecule has 23 heavy (non-hydrogen) atoms. The van der Waals surface area contributed by atoms with Crippen molar-refractivity contribution in [3.8, 4) is 23.0 Å². The Balaban J connectivity index is 1.58. The van der Waals surface area contributed by atoms with Gasteiger partial charge in [0.05, 0.1) is 18.8 Å². The number of fused-ring (bicyclic) bond motifs is 2. The molecule has 118 valence electrons. The van der Waals surface area contributed by atoms with Crippen LogP contribution >= 0.6 is 0 Å². The Labute approximate surface area is 132 Å². The zero-order chi connectivity index (χ0) is 15.6. The van der Waals surface area contributed by atoms with E-state index in [1.54, 1.807) is 36.4 Å². The van der Waals surface area contributed by atoms with Crippen molar-refractivity contribution >= 4 is 11.6 Å². The first-order valence-corrected chi connectivity index (χ1v) is 7.41. The van der Waals surface area contributed by atoms with E-state index in [1.165, 1.54) is 0 Å². The van der Waals surface area contributed by atoms with Gasteiger partial charge in [-0.25, -0.2) is 0 Å². The highest BCUT2D eigenvalue weighted by Gasteiger charge is 2.22. The molecule has 2 aromatic rings. The minimum absolute atomic E-state index is 0.129. The monoisotopic (exact) mass is 313 g/mol. The summed E-state index contributed by atoms with van der Waals surface area (Å²) in [6, 6.07) is 10.6. The summed E-state index contributed by atoms with van der Waals surface area (Å²) < 4.78 is 21.9. The van der Waals surface area contributed by atoms with Crippen LogP contribution in [-0.4, -0.2) is 25.9 Å². The fourth-order valence-corrected chi connectivity index (χ4v) is 2.55. The molecule has 0 saturated carbocycles. The summed E-state index contributed by atoms with van der Waals surface area (Å²) in [7, 11) is 0. The predicted molar refractivity (Wildman–Crippen MR) is 82.6 cm³/mol. The van der Waals surface area contributed by atoms with Crippen LogP contribution in [0.3, 0.4) is 0 Å². The summed E-state index contributed by atoms with van der Waals surface area (Å²) in [5.41, 5.74) is 1.07. The van der Waals surface area contributed by atoms with Crippen molar-refractivity contribution in [3.63, 3.8) is 0 Å². The van der Waals surface area contributed by atoms with Crippen molar-refractivity contribution < 1.29 is 23.7 Å². The number of anilines is 1. The Morgan fingerprint density at radius 3 is 2.70 bits per heavy atom. The fourth-order valence-electron chi connectivity index (χ4n) is 2.55. The smallest absolute Gasteiger partial charge is 0.259 e. The van der Waals surface area contributed by atoms with Crippen LogP contribution in [0, 0.1) is 0 Å². The van der Waals surface area contributed by atoms with Gasteiger partial charge in [0.25, 0.3) is 5.91 Å². The van der Waals surface area contributed by atoms with Crippen molar-refractivity contribution in [3.05, 3.63) is 42.0 Å². The topological polar surface area (TPSA) is 66.0 Å². The number of nitrogens with one attached hydrogen (secondary N) is 1. The van der Waals surface area contributed by atoms with E-state index >= 15 is 0 Å². The number of carbonyl (C=O) groups is 1. The van der Waals surface area contributed by atoms with E-state index in [0.29, 0.717) is 47.5 Å². The lowest BCUT2D eigenvalue weighted by molar-refractivity contribution is 0.102. The average molecular weight is 313 g/mol. The largest absolute Gasteiger partial charge is 0.490 e. The Hall–Kier alpha value is -2.89. The summed E-state index contributed by atoms with van der Waals surface area (Å²) in [6.07, 6.45) is 0.837. The minimum atomic E-state index is -0.262. The molecule has 4 rings (SSSR count). The number of amides is 1. The predicted octanol–water partition coefficient (Wildman–Crippen LogP) is 2.83. The lowest BCUT2D eigenvalue weighted by atomic mass is 10.1. The van der Waals surface area contributed by atoms with E-state index < -0.39 is 0 Å². The molecule has 0 aliphatic carbocycles. The molecule has 2 heterocycles. The first-order valence-electron chi connectivity index (χ1n) is 7.41. The van der Waals surface area contributed by atoms with E-state index in [-0.39, 0.29) is 12.7 Å². The normalized spacial score (nSPS) is 15.0. The van der Waals surface area contributed by atoms with E-state index in [1.807, 2.05) is 0 Å². The quantitative estimate of drug-likeness (QED) is 0.923. The van der Waals surface area contributed by atoms with Gasteiger partial charge in [0.1, 0.15) is 0 Å². The van der Waals surface area contributed by atoms with Gasteiger partial charge in [-0.1, -0.05) is 6.07 Å². The number of para-hydroxylation sites is 1. The highest BCUT2D eigenvalue weighted by atomic mass is 16.7. The van der Waals surface area contributed by atoms with E-state index in [2.05, 4.69) is 5.32 Å². The van der Waals surface area contributed by atoms with Gasteiger partial charge >= 0.3 is 0 Å². The molecule has 0 saturated heterocycles. The van der Waals surface area contributed by atoms with E-state index in [4.69, 9.17) is 18.9 Å². The number of hydrogen-bond acceptors (Lipinski definition) is 5. The van der Waals surface area contributed by atoms with Crippen LogP contribution in [0.4, 0.5) is 5.69 Å². The molecule has 6 nitrogen and oxygen atoms in total. The van der Waals surface area contributed by atoms with Crippen LogP contribution in [0.15, 0.2) is 36.4 Å². The first-order chi connectivity index (χ1) is 11.3. The van der Waals surface area contributed by atoms with Crippen molar-refractivity contribution in [2.45, 2.75) is 6.42 Å². The van der Waals surface area contributed by atoms with E-state index in [0.717, 1.165) is 6.42 Å². The van der Waals surface area contributed by atoms with Gasteiger partial charge < -0.3 is 24.3 Å². The fraction of sp³-hybridized carbons (Fsp3) is 0.235. The van der Waals surface area contributed by atoms with Crippen molar-refractivity contribution in [2.24, 2.45) is 0 Å². The summed E-state index contributed by atoms with van der Waals surface area (Å²) in [4.78, 5) is 12.5. The van der Waals surface area contributed by atoms with Crippen LogP contribution in [0.5, 0.6) is 23.0 Å². The van der Waals surface area contributed by atoms with Gasteiger partial charge in [-0.3, -0.25) is 4.79 Å². The lowest BCUT2D eigenvalue weighted by Crippen LogP contribution is -2.12. The van der Waals surface area contributed by atoms with Gasteiger partial charge in [0.15, 0.2) is 23.0 Å². The third-order valence-electron chi connectivity index (χ3n) is 3.65. The van der Waals surface area contributed by atoms with Gasteiger partial charge in [-0.05, 0) is 24.3 Å². The van der Waals surface area contributed by atoms with Gasteiger partial charge in [0, 0.05) is 18.2 Å². The maximum absolute atomic E-state index is 12.5. The summed E-state index contributed by atoms with van der Waals surface area (Å²) in [5, 5.41) is 2.85. The summed E-state index contributed by atoms with van der Waals surface area (Å²) >= 11 is 0. The summed E-state index contributed by atoms with van der Waals surface area (Å²) in [5.74, 6) is 2.12. The van der Waals surface area contributed by atoms with Crippen LogP contribution in [0.2, 0.25) is 0 Å². The van der Waals surface area contributed by atoms with Gasteiger partial charge in [0.2, 0.25) is 6.79 Å². The van der Waals surface area contributed by atoms with Crippen LogP contribution in [0.25, 0.3) is 0 Å². The van der Waals surface area contributed by atoms with Crippen molar-refractivity contribution in [1.29, 1.82) is 0 Å². The maximum Gasteiger partial charge on any atom is 0.259 e. The molecule has 0 radical (unpaired) electrons. The number of ether oxygens (including phenoxy) is 4. The number of rotatable bonds is 2. The molecule has 0 spiro atoms. The standard InChI is InChI=1S/C17H15NO5/c19-17(12-3-1-4-14-16(12)23-10-22-14)18-11-5-6-13-15(9-11)21-8-2-7-20-13/h1,3-6,9H,2,7-8,10H2,(H,18,19). The molecular formula is C17H15NO5. The first kappa shape index (κ1) is 13.8. The molecule has 0 bridgehead atoms. The molecule has 0 atom stereocenters. The third kappa shape index (κ3) is 2.63. The van der Waals surface area contributed by atoms with E-state index in [9.17, 15) is 4.79 Å². The van der Waals surface area contributed by atoms with Crippen LogP contribution in [-0.2, 0) is 0 Å². The molecule has 1 amide bonds. The Morgan fingerprint density at radius 2 is 1.78 bits per heavy atom. The Kier molecular flexibility index (Phi) is 3.42.